The molecule has 0 unspecified atom stereocenters. The van der Waals surface area contributed by atoms with Gasteiger partial charge in [0, 0.05) is 0 Å². The molecule has 0 saturated carbocycles. The lowest BCUT2D eigenvalue weighted by Crippen LogP contribution is -2.09. The average molecular weight is 168 g/mol. The molecule has 0 rings (SSSR count). The highest BCUT2D eigenvalue weighted by molar-refractivity contribution is 5.35. The van der Waals surface area contributed by atoms with Crippen LogP contribution >= 0.6 is 0 Å². The Bertz CT molecular complexity index is 226. The first kappa shape index (κ1) is 11.2. The molecule has 0 aliphatic heterocycles. The standard InChI is InChI=1S/C11H17F/c1-7-9(11(4,5)6)10(12)8(2)3/h7H,1-2H2,3-6H3/b10-9-. The van der Waals surface area contributed by atoms with Crippen molar-refractivity contribution < 1.29 is 4.39 Å². The van der Waals surface area contributed by atoms with Crippen LogP contribution in [0.15, 0.2) is 36.2 Å². The van der Waals surface area contributed by atoms with E-state index in [1.807, 2.05) is 20.8 Å². The average Bonchev–Trinajstić information content (AvgIpc) is 1.85. The summed E-state index contributed by atoms with van der Waals surface area (Å²) < 4.78 is 13.4. The maximum atomic E-state index is 13.4. The van der Waals surface area contributed by atoms with Gasteiger partial charge in [-0.15, -0.1) is 0 Å². The molecule has 0 nitrogen and oxygen atoms in total. The predicted octanol–water partition coefficient (Wildman–Crippen LogP) is 4.02. The maximum Gasteiger partial charge on any atom is 0.129 e. The summed E-state index contributed by atoms with van der Waals surface area (Å²) in [7, 11) is 0. The Balaban J connectivity index is 5.14. The normalized spacial score (nSPS) is 13.8. The molecular formula is C11H17F. The molecule has 0 spiro atoms. The second kappa shape index (κ2) is 3.70. The Morgan fingerprint density at radius 2 is 1.75 bits per heavy atom. The van der Waals surface area contributed by atoms with Crippen molar-refractivity contribution >= 4 is 0 Å². The Morgan fingerprint density at radius 3 is 1.83 bits per heavy atom. The largest absolute Gasteiger partial charge is 0.206 e. The molecule has 0 amide bonds. The van der Waals surface area contributed by atoms with Gasteiger partial charge in [0.15, 0.2) is 0 Å². The molecule has 0 N–H and O–H groups in total. The lowest BCUT2D eigenvalue weighted by Gasteiger charge is -2.21. The van der Waals surface area contributed by atoms with Gasteiger partial charge >= 0.3 is 0 Å². The van der Waals surface area contributed by atoms with Crippen LogP contribution in [0, 0.1) is 5.41 Å². The molecule has 0 aromatic rings. The topological polar surface area (TPSA) is 0 Å². The number of halogens is 1. The van der Waals surface area contributed by atoms with E-state index in [0.717, 1.165) is 0 Å². The number of allylic oxidation sites excluding steroid dienone is 4. The first-order chi connectivity index (χ1) is 5.30. The molecule has 0 fully saturated rings. The van der Waals surface area contributed by atoms with Crippen LogP contribution in [-0.2, 0) is 0 Å². The minimum absolute atomic E-state index is 0.204. The molecule has 0 heterocycles. The summed E-state index contributed by atoms with van der Waals surface area (Å²) in [6, 6.07) is 0. The van der Waals surface area contributed by atoms with E-state index in [-0.39, 0.29) is 11.2 Å². The van der Waals surface area contributed by atoms with Crippen LogP contribution in [0.4, 0.5) is 4.39 Å². The zero-order valence-electron chi connectivity index (χ0n) is 8.37. The number of hydrogen-bond donors (Lipinski definition) is 0. The van der Waals surface area contributed by atoms with Gasteiger partial charge in [0.2, 0.25) is 0 Å². The molecule has 0 aliphatic rings. The smallest absolute Gasteiger partial charge is 0.129 e. The van der Waals surface area contributed by atoms with E-state index in [9.17, 15) is 4.39 Å². The predicted molar refractivity (Wildman–Crippen MR) is 52.6 cm³/mol. The van der Waals surface area contributed by atoms with Crippen molar-refractivity contribution in [3.8, 4) is 0 Å². The van der Waals surface area contributed by atoms with Crippen molar-refractivity contribution in [1.29, 1.82) is 0 Å². The van der Waals surface area contributed by atoms with Gasteiger partial charge in [-0.25, -0.2) is 4.39 Å². The van der Waals surface area contributed by atoms with Gasteiger partial charge < -0.3 is 0 Å². The molecule has 0 bridgehead atoms. The first-order valence-electron chi connectivity index (χ1n) is 3.99. The number of rotatable bonds is 2. The van der Waals surface area contributed by atoms with E-state index in [1.165, 1.54) is 0 Å². The van der Waals surface area contributed by atoms with Gasteiger partial charge in [-0.05, 0) is 23.5 Å². The molecule has 0 aromatic carbocycles. The van der Waals surface area contributed by atoms with Crippen LogP contribution in [-0.4, -0.2) is 0 Å². The van der Waals surface area contributed by atoms with E-state index in [4.69, 9.17) is 0 Å². The maximum absolute atomic E-state index is 13.4. The monoisotopic (exact) mass is 168 g/mol. The fourth-order valence-corrected chi connectivity index (χ4v) is 0.955. The van der Waals surface area contributed by atoms with Gasteiger partial charge in [0.25, 0.3) is 0 Å². The Morgan fingerprint density at radius 1 is 1.33 bits per heavy atom. The number of hydrogen-bond acceptors (Lipinski definition) is 0. The lowest BCUT2D eigenvalue weighted by molar-refractivity contribution is 0.488. The van der Waals surface area contributed by atoms with E-state index < -0.39 is 0 Å². The van der Waals surface area contributed by atoms with E-state index in [1.54, 1.807) is 13.0 Å². The third kappa shape index (κ3) is 2.65. The summed E-state index contributed by atoms with van der Waals surface area (Å²) >= 11 is 0. The summed E-state index contributed by atoms with van der Waals surface area (Å²) in [5, 5.41) is 0. The zero-order valence-corrected chi connectivity index (χ0v) is 8.37. The van der Waals surface area contributed by atoms with Crippen LogP contribution in [0.1, 0.15) is 27.7 Å². The molecule has 0 aliphatic carbocycles. The first-order valence-corrected chi connectivity index (χ1v) is 3.99. The molecule has 0 radical (unpaired) electrons. The quantitative estimate of drug-likeness (QED) is 0.546. The minimum Gasteiger partial charge on any atom is -0.206 e. The molecule has 0 aromatic heterocycles. The highest BCUT2D eigenvalue weighted by atomic mass is 19.1. The lowest BCUT2D eigenvalue weighted by atomic mass is 9.85. The summed E-state index contributed by atoms with van der Waals surface area (Å²) in [6.07, 6.45) is 1.56. The highest BCUT2D eigenvalue weighted by Gasteiger charge is 2.18. The van der Waals surface area contributed by atoms with Crippen LogP contribution in [0.5, 0.6) is 0 Å². The summed E-state index contributed by atoms with van der Waals surface area (Å²) in [5.41, 5.74) is 0.875. The third-order valence-electron chi connectivity index (χ3n) is 1.62. The molecule has 1 heteroatoms. The van der Waals surface area contributed by atoms with Gasteiger partial charge in [0.1, 0.15) is 5.83 Å². The fraction of sp³-hybridized carbons (Fsp3) is 0.455. The van der Waals surface area contributed by atoms with E-state index in [0.29, 0.717) is 11.1 Å². The second-order valence-electron chi connectivity index (χ2n) is 3.96. The zero-order chi connectivity index (χ0) is 9.94. The van der Waals surface area contributed by atoms with Gasteiger partial charge in [-0.3, -0.25) is 0 Å². The minimum atomic E-state index is -0.238. The third-order valence-corrected chi connectivity index (χ3v) is 1.62. The Hall–Kier alpha value is -0.850. The second-order valence-corrected chi connectivity index (χ2v) is 3.96. The molecule has 12 heavy (non-hydrogen) atoms. The van der Waals surface area contributed by atoms with Crippen LogP contribution in [0.25, 0.3) is 0 Å². The van der Waals surface area contributed by atoms with Crippen LogP contribution in [0.2, 0.25) is 0 Å². The SMILES string of the molecule is C=C/C(=C(/F)C(=C)C)C(C)(C)C. The van der Waals surface area contributed by atoms with Crippen molar-refractivity contribution in [2.24, 2.45) is 5.41 Å². The van der Waals surface area contributed by atoms with Crippen LogP contribution in [0.3, 0.4) is 0 Å². The van der Waals surface area contributed by atoms with Crippen molar-refractivity contribution in [2.75, 3.05) is 0 Å². The van der Waals surface area contributed by atoms with Gasteiger partial charge in [-0.2, -0.15) is 0 Å². The van der Waals surface area contributed by atoms with Crippen LogP contribution < -0.4 is 0 Å². The van der Waals surface area contributed by atoms with Crippen molar-refractivity contribution in [1.82, 2.24) is 0 Å². The molecule has 68 valence electrons. The van der Waals surface area contributed by atoms with Crippen molar-refractivity contribution in [2.45, 2.75) is 27.7 Å². The fourth-order valence-electron chi connectivity index (χ4n) is 0.955. The van der Waals surface area contributed by atoms with Gasteiger partial charge in [-0.1, -0.05) is 40.0 Å². The van der Waals surface area contributed by atoms with Crippen molar-refractivity contribution in [3.63, 3.8) is 0 Å². The Kier molecular flexibility index (Phi) is 3.44. The molecule has 0 saturated heterocycles. The van der Waals surface area contributed by atoms with E-state index in [2.05, 4.69) is 13.2 Å². The summed E-state index contributed by atoms with van der Waals surface area (Å²) in [6.45, 7) is 14.7. The Labute approximate surface area is 74.5 Å². The van der Waals surface area contributed by atoms with Crippen molar-refractivity contribution in [3.05, 3.63) is 36.2 Å². The van der Waals surface area contributed by atoms with Gasteiger partial charge in [0.05, 0.1) is 0 Å². The molecule has 0 atom stereocenters. The highest BCUT2D eigenvalue weighted by Crippen LogP contribution is 2.31. The summed E-state index contributed by atoms with van der Waals surface area (Å²) in [5.74, 6) is -0.238. The summed E-state index contributed by atoms with van der Waals surface area (Å²) in [4.78, 5) is 0. The molecular weight excluding hydrogens is 151 g/mol. The van der Waals surface area contributed by atoms with E-state index >= 15 is 0 Å².